The van der Waals surface area contributed by atoms with E-state index in [1.54, 1.807) is 12.0 Å². The second-order valence-electron chi connectivity index (χ2n) is 8.69. The molecule has 0 aromatic heterocycles. The lowest BCUT2D eigenvalue weighted by atomic mass is 9.85. The molecular formula is C26H33N3O4. The van der Waals surface area contributed by atoms with E-state index < -0.39 is 5.54 Å². The monoisotopic (exact) mass is 451 g/mol. The van der Waals surface area contributed by atoms with Gasteiger partial charge in [0.05, 0.1) is 19.8 Å². The van der Waals surface area contributed by atoms with Crippen LogP contribution in [-0.2, 0) is 22.6 Å². The third-order valence-corrected chi connectivity index (χ3v) is 6.65. The molecule has 0 saturated carbocycles. The number of likely N-dealkylation sites (tertiary alicyclic amines) is 1. The van der Waals surface area contributed by atoms with E-state index in [0.717, 1.165) is 30.9 Å². The van der Waals surface area contributed by atoms with Crippen molar-refractivity contribution in [2.24, 2.45) is 0 Å². The van der Waals surface area contributed by atoms with Crippen LogP contribution in [0.2, 0.25) is 0 Å². The van der Waals surface area contributed by atoms with Gasteiger partial charge in [0.2, 0.25) is 0 Å². The first-order valence-corrected chi connectivity index (χ1v) is 11.7. The second-order valence-corrected chi connectivity index (χ2v) is 8.69. The Morgan fingerprint density at radius 3 is 2.21 bits per heavy atom. The van der Waals surface area contributed by atoms with E-state index in [4.69, 9.17) is 9.47 Å². The number of imide groups is 1. The van der Waals surface area contributed by atoms with Crippen molar-refractivity contribution >= 4 is 11.9 Å². The normalized spacial score (nSPS) is 18.4. The lowest BCUT2D eigenvalue weighted by molar-refractivity contribution is -0.136. The molecule has 0 atom stereocenters. The lowest BCUT2D eigenvalue weighted by Gasteiger charge is -2.42. The van der Waals surface area contributed by atoms with Gasteiger partial charge in [0.1, 0.15) is 11.3 Å². The molecule has 2 saturated heterocycles. The highest BCUT2D eigenvalue weighted by Gasteiger charge is 2.57. The molecule has 33 heavy (non-hydrogen) atoms. The zero-order valence-corrected chi connectivity index (χ0v) is 19.5. The highest BCUT2D eigenvalue weighted by Crippen LogP contribution is 2.38. The summed E-state index contributed by atoms with van der Waals surface area (Å²) in [6.45, 7) is 6.04. The number of methoxy groups -OCH3 is 1. The molecule has 0 radical (unpaired) electrons. The van der Waals surface area contributed by atoms with Crippen LogP contribution in [0.25, 0.3) is 0 Å². The molecule has 2 aromatic carbocycles. The van der Waals surface area contributed by atoms with Crippen molar-refractivity contribution in [1.82, 2.24) is 14.7 Å². The highest BCUT2D eigenvalue weighted by atomic mass is 16.5. The maximum Gasteiger partial charge on any atom is 0.328 e. The van der Waals surface area contributed by atoms with E-state index in [9.17, 15) is 9.59 Å². The largest absolute Gasteiger partial charge is 0.494 e. The van der Waals surface area contributed by atoms with Crippen LogP contribution < -0.4 is 4.74 Å². The van der Waals surface area contributed by atoms with Gasteiger partial charge in [-0.1, -0.05) is 42.5 Å². The third-order valence-electron chi connectivity index (χ3n) is 6.65. The van der Waals surface area contributed by atoms with Crippen LogP contribution >= 0.6 is 0 Å². The van der Waals surface area contributed by atoms with Crippen molar-refractivity contribution in [3.63, 3.8) is 0 Å². The molecule has 0 aliphatic carbocycles. The van der Waals surface area contributed by atoms with Crippen LogP contribution in [0.4, 0.5) is 4.79 Å². The Hall–Kier alpha value is -2.90. The SMILES string of the molecule is CCOc1ccc(CN2CCC3(CC2)C(=O)N(CCOC)C(=O)N3Cc2ccccc2)cc1. The van der Waals surface area contributed by atoms with Gasteiger partial charge >= 0.3 is 6.03 Å². The maximum atomic E-state index is 13.5. The summed E-state index contributed by atoms with van der Waals surface area (Å²) in [6.07, 6.45) is 1.26. The predicted octanol–water partition coefficient (Wildman–Crippen LogP) is 3.53. The average Bonchev–Trinajstić information content (AvgIpc) is 3.02. The first kappa shape index (κ1) is 23.3. The van der Waals surface area contributed by atoms with E-state index in [-0.39, 0.29) is 18.5 Å². The standard InChI is InChI=1S/C26H33N3O4/c1-3-33-23-11-9-22(10-12-23)19-27-15-13-26(14-16-27)24(30)28(17-18-32-2)25(31)29(26)20-21-7-5-4-6-8-21/h4-12H,3,13-20H2,1-2H3. The van der Waals surface area contributed by atoms with E-state index in [2.05, 4.69) is 17.0 Å². The van der Waals surface area contributed by atoms with Gasteiger partial charge in [0.15, 0.2) is 0 Å². The first-order chi connectivity index (χ1) is 16.1. The smallest absolute Gasteiger partial charge is 0.328 e. The molecule has 3 amide bonds. The highest BCUT2D eigenvalue weighted by molar-refractivity contribution is 6.07. The number of amides is 3. The Morgan fingerprint density at radius 2 is 1.58 bits per heavy atom. The van der Waals surface area contributed by atoms with Crippen molar-refractivity contribution in [1.29, 1.82) is 0 Å². The van der Waals surface area contributed by atoms with E-state index >= 15 is 0 Å². The number of rotatable bonds is 9. The Bertz CT molecular complexity index is 940. The van der Waals surface area contributed by atoms with Gasteiger partial charge < -0.3 is 14.4 Å². The fourth-order valence-corrected chi connectivity index (χ4v) is 4.83. The number of nitrogens with zero attached hydrogens (tertiary/aromatic N) is 3. The molecule has 0 N–H and O–H groups in total. The van der Waals surface area contributed by atoms with Crippen molar-refractivity contribution in [2.75, 3.05) is 40.0 Å². The van der Waals surface area contributed by atoms with Crippen molar-refractivity contribution < 1.29 is 19.1 Å². The molecule has 2 aromatic rings. The Balaban J connectivity index is 1.48. The van der Waals surface area contributed by atoms with Gasteiger partial charge in [0.25, 0.3) is 5.91 Å². The van der Waals surface area contributed by atoms with Gasteiger partial charge in [-0.25, -0.2) is 4.79 Å². The summed E-state index contributed by atoms with van der Waals surface area (Å²) in [6, 6.07) is 17.9. The number of carbonyl (C=O) groups excluding carboxylic acids is 2. The number of urea groups is 1. The Morgan fingerprint density at radius 1 is 0.909 bits per heavy atom. The molecule has 2 aliphatic heterocycles. The zero-order chi connectivity index (χ0) is 23.3. The average molecular weight is 452 g/mol. The Kier molecular flexibility index (Phi) is 7.30. The molecule has 7 nitrogen and oxygen atoms in total. The molecule has 1 spiro atoms. The summed E-state index contributed by atoms with van der Waals surface area (Å²) < 4.78 is 10.7. The van der Waals surface area contributed by atoms with Crippen molar-refractivity contribution in [3.05, 3.63) is 65.7 Å². The quantitative estimate of drug-likeness (QED) is 0.546. The van der Waals surface area contributed by atoms with Crippen LogP contribution in [0, 0.1) is 0 Å². The minimum atomic E-state index is -0.782. The molecule has 0 bridgehead atoms. The summed E-state index contributed by atoms with van der Waals surface area (Å²) in [5, 5.41) is 0. The van der Waals surface area contributed by atoms with Crippen LogP contribution in [0.1, 0.15) is 30.9 Å². The number of ether oxygens (including phenoxy) is 2. The topological polar surface area (TPSA) is 62.3 Å². The van der Waals surface area contributed by atoms with E-state index in [1.807, 2.05) is 49.4 Å². The lowest BCUT2D eigenvalue weighted by Crippen LogP contribution is -2.56. The van der Waals surface area contributed by atoms with Crippen LogP contribution in [0.15, 0.2) is 54.6 Å². The predicted molar refractivity (Wildman–Crippen MR) is 126 cm³/mol. The number of hydrogen-bond donors (Lipinski definition) is 0. The fourth-order valence-electron chi connectivity index (χ4n) is 4.83. The summed E-state index contributed by atoms with van der Waals surface area (Å²) in [4.78, 5) is 32.4. The van der Waals surface area contributed by atoms with Gasteiger partial charge in [-0.2, -0.15) is 0 Å². The van der Waals surface area contributed by atoms with Crippen LogP contribution in [-0.4, -0.2) is 72.1 Å². The van der Waals surface area contributed by atoms with E-state index in [1.165, 1.54) is 10.5 Å². The summed E-state index contributed by atoms with van der Waals surface area (Å²) in [5.41, 5.74) is 1.46. The zero-order valence-electron chi connectivity index (χ0n) is 19.5. The maximum absolute atomic E-state index is 13.5. The summed E-state index contributed by atoms with van der Waals surface area (Å²) >= 11 is 0. The number of benzene rings is 2. The first-order valence-electron chi connectivity index (χ1n) is 11.7. The summed E-state index contributed by atoms with van der Waals surface area (Å²) in [5.74, 6) is 0.794. The summed E-state index contributed by atoms with van der Waals surface area (Å²) in [7, 11) is 1.59. The third kappa shape index (κ3) is 4.89. The molecule has 176 valence electrons. The van der Waals surface area contributed by atoms with Crippen molar-refractivity contribution in [3.8, 4) is 5.75 Å². The number of carbonyl (C=O) groups is 2. The molecular weight excluding hydrogens is 418 g/mol. The van der Waals surface area contributed by atoms with Gasteiger partial charge in [0, 0.05) is 33.3 Å². The molecule has 0 unspecified atom stereocenters. The molecule has 4 rings (SSSR count). The van der Waals surface area contributed by atoms with Gasteiger partial charge in [-0.05, 0) is 43.0 Å². The number of hydrogen-bond acceptors (Lipinski definition) is 5. The van der Waals surface area contributed by atoms with Crippen LogP contribution in [0.3, 0.4) is 0 Å². The minimum Gasteiger partial charge on any atom is -0.494 e. The van der Waals surface area contributed by atoms with Crippen molar-refractivity contribution in [2.45, 2.75) is 38.4 Å². The Labute approximate surface area is 195 Å². The van der Waals surface area contributed by atoms with E-state index in [0.29, 0.717) is 32.6 Å². The molecule has 2 heterocycles. The van der Waals surface area contributed by atoms with Gasteiger partial charge in [-0.3, -0.25) is 14.6 Å². The van der Waals surface area contributed by atoms with Crippen LogP contribution in [0.5, 0.6) is 5.75 Å². The number of piperidine rings is 1. The molecule has 7 heteroatoms. The van der Waals surface area contributed by atoms with Gasteiger partial charge in [-0.15, -0.1) is 0 Å². The fraction of sp³-hybridized carbons (Fsp3) is 0.462. The minimum absolute atomic E-state index is 0.0822. The molecule has 2 fully saturated rings. The second kappa shape index (κ2) is 10.4. The molecule has 2 aliphatic rings.